The quantitative estimate of drug-likeness (QED) is 0.914. The van der Waals surface area contributed by atoms with Crippen LogP contribution in [0, 0.1) is 5.82 Å². The Balaban J connectivity index is 1.66. The molecule has 22 heavy (non-hydrogen) atoms. The third kappa shape index (κ3) is 3.28. The van der Waals surface area contributed by atoms with Gasteiger partial charge in [-0.25, -0.2) is 4.39 Å². The first-order valence-electron chi connectivity index (χ1n) is 6.74. The smallest absolute Gasteiger partial charge is 0.238 e. The van der Waals surface area contributed by atoms with Gasteiger partial charge in [0, 0.05) is 17.0 Å². The van der Waals surface area contributed by atoms with Crippen molar-refractivity contribution in [2.45, 2.75) is 16.6 Å². The maximum atomic E-state index is 13.1. The molecule has 2 aromatic rings. The predicted octanol–water partition coefficient (Wildman–Crippen LogP) is 3.27. The molecule has 0 fully saturated rings. The monoisotopic (exact) mass is 316 g/mol. The second kappa shape index (κ2) is 6.19. The zero-order chi connectivity index (χ0) is 15.5. The van der Waals surface area contributed by atoms with E-state index in [-0.39, 0.29) is 18.2 Å². The number of thioether (sulfide) groups is 1. The minimum absolute atomic E-state index is 0.0291. The molecule has 2 aromatic carbocycles. The Hall–Kier alpha value is -2.34. The van der Waals surface area contributed by atoms with Crippen molar-refractivity contribution in [2.75, 3.05) is 10.6 Å². The molecular weight excluding hydrogens is 303 g/mol. The van der Waals surface area contributed by atoms with Crippen molar-refractivity contribution in [3.63, 3.8) is 0 Å². The fourth-order valence-electron chi connectivity index (χ4n) is 2.17. The van der Waals surface area contributed by atoms with Crippen LogP contribution in [0.2, 0.25) is 0 Å². The van der Waals surface area contributed by atoms with Gasteiger partial charge in [-0.15, -0.1) is 11.8 Å². The highest BCUT2D eigenvalue weighted by molar-refractivity contribution is 8.01. The summed E-state index contributed by atoms with van der Waals surface area (Å²) < 4.78 is 13.1. The Morgan fingerprint density at radius 1 is 1.23 bits per heavy atom. The van der Waals surface area contributed by atoms with E-state index in [1.54, 1.807) is 6.07 Å². The van der Waals surface area contributed by atoms with Crippen molar-refractivity contribution in [3.8, 4) is 0 Å². The zero-order valence-electron chi connectivity index (χ0n) is 11.5. The summed E-state index contributed by atoms with van der Waals surface area (Å²) in [6.45, 7) is 0. The molecule has 1 aliphatic rings. The molecule has 1 atom stereocenters. The lowest BCUT2D eigenvalue weighted by molar-refractivity contribution is -0.120. The van der Waals surface area contributed by atoms with E-state index in [4.69, 9.17) is 0 Å². The predicted molar refractivity (Wildman–Crippen MR) is 84.4 cm³/mol. The molecule has 2 N–H and O–H groups in total. The van der Waals surface area contributed by atoms with E-state index in [9.17, 15) is 14.0 Å². The Kier molecular flexibility index (Phi) is 4.11. The number of carbonyl (C=O) groups excluding carboxylic acids is 2. The third-order valence-electron chi connectivity index (χ3n) is 3.19. The van der Waals surface area contributed by atoms with Crippen LogP contribution in [0.3, 0.4) is 0 Å². The van der Waals surface area contributed by atoms with Gasteiger partial charge in [-0.1, -0.05) is 18.2 Å². The van der Waals surface area contributed by atoms with Crippen LogP contribution >= 0.6 is 11.8 Å². The lowest BCUT2D eigenvalue weighted by Crippen LogP contribution is -2.32. The van der Waals surface area contributed by atoms with Crippen LogP contribution in [-0.2, 0) is 9.59 Å². The molecule has 0 aromatic heterocycles. The van der Waals surface area contributed by atoms with E-state index in [2.05, 4.69) is 10.6 Å². The normalized spacial score (nSPS) is 16.6. The highest BCUT2D eigenvalue weighted by atomic mass is 32.2. The molecular formula is C16H13FN2O2S. The molecule has 0 aliphatic carbocycles. The molecule has 0 saturated carbocycles. The van der Waals surface area contributed by atoms with Crippen molar-refractivity contribution in [1.82, 2.24) is 0 Å². The van der Waals surface area contributed by atoms with Crippen LogP contribution < -0.4 is 10.6 Å². The number of halogens is 1. The van der Waals surface area contributed by atoms with E-state index in [0.717, 1.165) is 10.6 Å². The summed E-state index contributed by atoms with van der Waals surface area (Å²) in [4.78, 5) is 25.0. The number of fused-ring (bicyclic) bond motifs is 1. The van der Waals surface area contributed by atoms with E-state index in [1.807, 2.05) is 24.3 Å². The molecule has 0 saturated heterocycles. The highest BCUT2D eigenvalue weighted by Gasteiger charge is 2.28. The maximum Gasteiger partial charge on any atom is 0.238 e. The fourth-order valence-corrected chi connectivity index (χ4v) is 3.28. The van der Waals surface area contributed by atoms with Crippen LogP contribution in [0.15, 0.2) is 53.4 Å². The van der Waals surface area contributed by atoms with Crippen LogP contribution in [0.1, 0.15) is 6.42 Å². The SMILES string of the molecule is O=C(CC1Sc2ccccc2NC1=O)Nc1cccc(F)c1. The summed E-state index contributed by atoms with van der Waals surface area (Å²) in [5, 5.41) is 4.89. The number of amides is 2. The average Bonchev–Trinajstić information content (AvgIpc) is 2.48. The van der Waals surface area contributed by atoms with Crippen molar-refractivity contribution < 1.29 is 14.0 Å². The van der Waals surface area contributed by atoms with Crippen molar-refractivity contribution >= 4 is 35.0 Å². The van der Waals surface area contributed by atoms with Gasteiger partial charge in [0.2, 0.25) is 11.8 Å². The highest BCUT2D eigenvalue weighted by Crippen LogP contribution is 2.36. The Morgan fingerprint density at radius 2 is 2.05 bits per heavy atom. The van der Waals surface area contributed by atoms with Gasteiger partial charge in [0.25, 0.3) is 0 Å². The lowest BCUT2D eigenvalue weighted by Gasteiger charge is -2.23. The van der Waals surface area contributed by atoms with Gasteiger partial charge in [0.05, 0.1) is 10.9 Å². The van der Waals surface area contributed by atoms with Crippen LogP contribution in [0.25, 0.3) is 0 Å². The Bertz CT molecular complexity index is 736. The first-order chi connectivity index (χ1) is 10.6. The summed E-state index contributed by atoms with van der Waals surface area (Å²) in [6.07, 6.45) is 0.0291. The minimum atomic E-state index is -0.497. The fraction of sp³-hybridized carbons (Fsp3) is 0.125. The molecule has 1 unspecified atom stereocenters. The van der Waals surface area contributed by atoms with Gasteiger partial charge in [-0.2, -0.15) is 0 Å². The Morgan fingerprint density at radius 3 is 2.86 bits per heavy atom. The zero-order valence-corrected chi connectivity index (χ0v) is 12.3. The van der Waals surface area contributed by atoms with Gasteiger partial charge in [-0.3, -0.25) is 9.59 Å². The summed E-state index contributed by atoms with van der Waals surface area (Å²) in [6, 6.07) is 13.1. The molecule has 4 nitrogen and oxygen atoms in total. The summed E-state index contributed by atoms with van der Waals surface area (Å²) >= 11 is 1.36. The van der Waals surface area contributed by atoms with E-state index < -0.39 is 11.1 Å². The molecule has 1 aliphatic heterocycles. The number of anilines is 2. The average molecular weight is 316 g/mol. The van der Waals surface area contributed by atoms with Crippen LogP contribution in [0.5, 0.6) is 0 Å². The van der Waals surface area contributed by atoms with Crippen molar-refractivity contribution in [2.24, 2.45) is 0 Å². The van der Waals surface area contributed by atoms with Crippen molar-refractivity contribution in [1.29, 1.82) is 0 Å². The van der Waals surface area contributed by atoms with Gasteiger partial charge in [0.15, 0.2) is 0 Å². The molecule has 6 heteroatoms. The number of hydrogen-bond acceptors (Lipinski definition) is 3. The van der Waals surface area contributed by atoms with Gasteiger partial charge in [0.1, 0.15) is 5.82 Å². The molecule has 2 amide bonds. The number of hydrogen-bond donors (Lipinski definition) is 2. The lowest BCUT2D eigenvalue weighted by atomic mass is 10.2. The third-order valence-corrected chi connectivity index (χ3v) is 4.46. The summed E-state index contributed by atoms with van der Waals surface area (Å²) in [5.41, 5.74) is 1.14. The van der Waals surface area contributed by atoms with Crippen molar-refractivity contribution in [3.05, 3.63) is 54.3 Å². The molecule has 112 valence electrons. The van der Waals surface area contributed by atoms with Gasteiger partial charge >= 0.3 is 0 Å². The maximum absolute atomic E-state index is 13.1. The molecule has 3 rings (SSSR count). The molecule has 1 heterocycles. The first kappa shape index (κ1) is 14.6. The number of benzene rings is 2. The number of nitrogens with one attached hydrogen (secondary N) is 2. The second-order valence-corrected chi connectivity index (χ2v) is 6.10. The van der Waals surface area contributed by atoms with Gasteiger partial charge in [-0.05, 0) is 30.3 Å². The summed E-state index contributed by atoms with van der Waals surface area (Å²) in [7, 11) is 0. The Labute approximate surface area is 131 Å². The summed E-state index contributed by atoms with van der Waals surface area (Å²) in [5.74, 6) is -0.938. The van der Waals surface area contributed by atoms with Gasteiger partial charge < -0.3 is 10.6 Å². The standard InChI is InChI=1S/C16H13FN2O2S/c17-10-4-3-5-11(8-10)18-15(20)9-14-16(21)19-12-6-1-2-7-13(12)22-14/h1-8,14H,9H2,(H,18,20)(H,19,21). The number of para-hydroxylation sites is 1. The van der Waals surface area contributed by atoms with Crippen LogP contribution in [-0.4, -0.2) is 17.1 Å². The molecule has 0 spiro atoms. The molecule has 0 radical (unpaired) electrons. The number of carbonyl (C=O) groups is 2. The minimum Gasteiger partial charge on any atom is -0.326 e. The number of rotatable bonds is 3. The van der Waals surface area contributed by atoms with Crippen LogP contribution in [0.4, 0.5) is 15.8 Å². The largest absolute Gasteiger partial charge is 0.326 e. The van der Waals surface area contributed by atoms with E-state index in [1.165, 1.54) is 30.0 Å². The second-order valence-electron chi connectivity index (χ2n) is 4.85. The van der Waals surface area contributed by atoms with E-state index >= 15 is 0 Å². The van der Waals surface area contributed by atoms with E-state index in [0.29, 0.717) is 5.69 Å². The topological polar surface area (TPSA) is 58.2 Å². The first-order valence-corrected chi connectivity index (χ1v) is 7.62. The molecule has 0 bridgehead atoms.